The zero-order valence-corrected chi connectivity index (χ0v) is 15.4. The highest BCUT2D eigenvalue weighted by Gasteiger charge is 2.38. The van der Waals surface area contributed by atoms with E-state index in [4.69, 9.17) is 0 Å². The van der Waals surface area contributed by atoms with Crippen LogP contribution in [-0.4, -0.2) is 60.9 Å². The highest BCUT2D eigenvalue weighted by atomic mass is 16.2. The normalized spacial score (nSPS) is 27.1. The number of carbonyl (C=O) groups is 2. The maximum absolute atomic E-state index is 12.7. The fourth-order valence-corrected chi connectivity index (χ4v) is 4.37. The first-order valence-corrected chi connectivity index (χ1v) is 9.76. The van der Waals surface area contributed by atoms with Crippen molar-refractivity contribution >= 4 is 11.8 Å². The number of likely N-dealkylation sites (N-methyl/N-ethyl adjacent to an activating group) is 1. The van der Waals surface area contributed by atoms with Gasteiger partial charge in [-0.25, -0.2) is 0 Å². The van der Waals surface area contributed by atoms with E-state index in [2.05, 4.69) is 24.3 Å². The molecule has 1 heterocycles. The summed E-state index contributed by atoms with van der Waals surface area (Å²) in [5.74, 6) is 0.662. The lowest BCUT2D eigenvalue weighted by Crippen LogP contribution is -2.55. The number of nitrogens with one attached hydrogen (secondary N) is 1. The Hall–Kier alpha value is -1.10. The van der Waals surface area contributed by atoms with Crippen LogP contribution in [0.25, 0.3) is 0 Å². The van der Waals surface area contributed by atoms with Crippen molar-refractivity contribution in [3.05, 3.63) is 0 Å². The summed E-state index contributed by atoms with van der Waals surface area (Å²) in [7, 11) is 4.27. The third kappa shape index (κ3) is 3.93. The van der Waals surface area contributed by atoms with E-state index < -0.39 is 0 Å². The highest BCUT2D eigenvalue weighted by Crippen LogP contribution is 2.33. The largest absolute Gasteiger partial charge is 0.354 e. The van der Waals surface area contributed by atoms with E-state index in [0.29, 0.717) is 6.54 Å². The second-order valence-corrected chi connectivity index (χ2v) is 8.29. The summed E-state index contributed by atoms with van der Waals surface area (Å²) in [5.41, 5.74) is 0.117. The first-order chi connectivity index (χ1) is 11.5. The zero-order valence-electron chi connectivity index (χ0n) is 15.4. The van der Waals surface area contributed by atoms with Gasteiger partial charge in [-0.3, -0.25) is 9.59 Å². The molecule has 1 aliphatic heterocycles. The van der Waals surface area contributed by atoms with E-state index in [0.717, 1.165) is 51.6 Å². The summed E-state index contributed by atoms with van der Waals surface area (Å²) in [6, 6.07) is 0. The Morgan fingerprint density at radius 3 is 2.38 bits per heavy atom. The molecule has 2 aliphatic carbocycles. The minimum atomic E-state index is -0.0238. The third-order valence-electron chi connectivity index (χ3n) is 6.36. The van der Waals surface area contributed by atoms with Crippen molar-refractivity contribution in [1.82, 2.24) is 15.1 Å². The van der Waals surface area contributed by atoms with E-state index in [-0.39, 0.29) is 29.2 Å². The molecule has 5 heteroatoms. The van der Waals surface area contributed by atoms with Gasteiger partial charge in [-0.2, -0.15) is 0 Å². The molecule has 0 radical (unpaired) electrons. The van der Waals surface area contributed by atoms with Crippen LogP contribution in [0.3, 0.4) is 0 Å². The average Bonchev–Trinajstić information content (AvgIpc) is 3.45. The van der Waals surface area contributed by atoms with E-state index in [1.54, 1.807) is 0 Å². The number of likely N-dealkylation sites (tertiary alicyclic amines) is 1. The van der Waals surface area contributed by atoms with Gasteiger partial charge in [0.1, 0.15) is 0 Å². The van der Waals surface area contributed by atoms with Gasteiger partial charge < -0.3 is 15.1 Å². The van der Waals surface area contributed by atoms with Crippen LogP contribution in [0.1, 0.15) is 57.8 Å². The molecule has 0 aromatic carbocycles. The molecule has 3 fully saturated rings. The summed E-state index contributed by atoms with van der Waals surface area (Å²) < 4.78 is 0. The first kappa shape index (κ1) is 17.7. The third-order valence-corrected chi connectivity index (χ3v) is 6.36. The van der Waals surface area contributed by atoms with Crippen LogP contribution in [0.2, 0.25) is 0 Å². The van der Waals surface area contributed by atoms with Crippen LogP contribution in [0.4, 0.5) is 0 Å². The van der Waals surface area contributed by atoms with E-state index in [1.807, 2.05) is 4.90 Å². The van der Waals surface area contributed by atoms with Crippen molar-refractivity contribution in [2.24, 2.45) is 11.8 Å². The molecular formula is C19H33N3O2. The standard InChI is InChI=1S/C19H33N3O2/c1-21(2)19(10-4-3-5-11-19)14-20-17(23)16-7-6-12-22(13-16)18(24)15-8-9-15/h15-16H,3-14H2,1-2H3,(H,20,23). The van der Waals surface area contributed by atoms with Crippen LogP contribution in [0, 0.1) is 11.8 Å². The Balaban J connectivity index is 1.52. The molecule has 1 unspecified atom stereocenters. The number of carbonyl (C=O) groups excluding carboxylic acids is 2. The predicted octanol–water partition coefficient (Wildman–Crippen LogP) is 2.02. The van der Waals surface area contributed by atoms with E-state index in [9.17, 15) is 9.59 Å². The molecule has 0 aromatic heterocycles. The molecule has 0 aromatic rings. The van der Waals surface area contributed by atoms with Gasteiger partial charge >= 0.3 is 0 Å². The Morgan fingerprint density at radius 1 is 1.04 bits per heavy atom. The lowest BCUT2D eigenvalue weighted by Gasteiger charge is -2.43. The molecule has 5 nitrogen and oxygen atoms in total. The summed E-state index contributed by atoms with van der Waals surface area (Å²) in [6.45, 7) is 2.20. The number of hydrogen-bond acceptors (Lipinski definition) is 3. The van der Waals surface area contributed by atoms with Crippen molar-refractivity contribution in [2.45, 2.75) is 63.3 Å². The smallest absolute Gasteiger partial charge is 0.225 e. The number of nitrogens with zero attached hydrogens (tertiary/aromatic N) is 2. The second kappa shape index (κ2) is 7.42. The van der Waals surface area contributed by atoms with Gasteiger partial charge in [-0.05, 0) is 52.6 Å². The summed E-state index contributed by atoms with van der Waals surface area (Å²) in [6.07, 6.45) is 10.1. The number of rotatable bonds is 5. The van der Waals surface area contributed by atoms with Crippen LogP contribution >= 0.6 is 0 Å². The predicted molar refractivity (Wildman–Crippen MR) is 94.5 cm³/mol. The van der Waals surface area contributed by atoms with Crippen LogP contribution in [0.15, 0.2) is 0 Å². The zero-order chi connectivity index (χ0) is 17.2. The maximum atomic E-state index is 12.7. The van der Waals surface area contributed by atoms with Crippen LogP contribution < -0.4 is 5.32 Å². The molecule has 136 valence electrons. The molecular weight excluding hydrogens is 302 g/mol. The van der Waals surface area contributed by atoms with Crippen molar-refractivity contribution in [3.63, 3.8) is 0 Å². The molecule has 0 spiro atoms. The first-order valence-electron chi connectivity index (χ1n) is 9.76. The van der Waals surface area contributed by atoms with Gasteiger partial charge in [0.2, 0.25) is 11.8 Å². The van der Waals surface area contributed by atoms with Gasteiger partial charge in [0.15, 0.2) is 0 Å². The Morgan fingerprint density at radius 2 is 1.75 bits per heavy atom. The fourth-order valence-electron chi connectivity index (χ4n) is 4.37. The fraction of sp³-hybridized carbons (Fsp3) is 0.895. The highest BCUT2D eigenvalue weighted by molar-refractivity contribution is 5.83. The molecule has 2 saturated carbocycles. The Labute approximate surface area is 146 Å². The summed E-state index contributed by atoms with van der Waals surface area (Å²) >= 11 is 0. The Kier molecular flexibility index (Phi) is 5.48. The minimum absolute atomic E-state index is 0.0238. The molecule has 24 heavy (non-hydrogen) atoms. The van der Waals surface area contributed by atoms with Crippen molar-refractivity contribution < 1.29 is 9.59 Å². The molecule has 1 atom stereocenters. The van der Waals surface area contributed by atoms with Crippen molar-refractivity contribution in [1.29, 1.82) is 0 Å². The van der Waals surface area contributed by atoms with Gasteiger partial charge in [0, 0.05) is 31.1 Å². The molecule has 1 N–H and O–H groups in total. The van der Waals surface area contributed by atoms with E-state index >= 15 is 0 Å². The number of hydrogen-bond donors (Lipinski definition) is 1. The summed E-state index contributed by atoms with van der Waals surface area (Å²) in [5, 5.41) is 3.23. The maximum Gasteiger partial charge on any atom is 0.225 e. The molecule has 0 bridgehead atoms. The quantitative estimate of drug-likeness (QED) is 0.836. The lowest BCUT2D eigenvalue weighted by molar-refractivity contribution is -0.137. The van der Waals surface area contributed by atoms with Crippen molar-refractivity contribution in [2.75, 3.05) is 33.7 Å². The monoisotopic (exact) mass is 335 g/mol. The van der Waals surface area contributed by atoms with Crippen molar-refractivity contribution in [3.8, 4) is 0 Å². The average molecular weight is 335 g/mol. The second-order valence-electron chi connectivity index (χ2n) is 8.29. The molecule has 3 rings (SSSR count). The molecule has 3 aliphatic rings. The number of amides is 2. The Bertz CT molecular complexity index is 467. The van der Waals surface area contributed by atoms with Crippen LogP contribution in [-0.2, 0) is 9.59 Å². The van der Waals surface area contributed by atoms with Gasteiger partial charge in [0.05, 0.1) is 5.92 Å². The minimum Gasteiger partial charge on any atom is -0.354 e. The van der Waals surface area contributed by atoms with Gasteiger partial charge in [0.25, 0.3) is 0 Å². The van der Waals surface area contributed by atoms with Gasteiger partial charge in [-0.1, -0.05) is 19.3 Å². The lowest BCUT2D eigenvalue weighted by atomic mass is 9.80. The number of piperidine rings is 1. The van der Waals surface area contributed by atoms with E-state index in [1.165, 1.54) is 19.3 Å². The molecule has 2 amide bonds. The van der Waals surface area contributed by atoms with Gasteiger partial charge in [-0.15, -0.1) is 0 Å². The molecule has 1 saturated heterocycles. The van der Waals surface area contributed by atoms with Crippen LogP contribution in [0.5, 0.6) is 0 Å². The summed E-state index contributed by atoms with van der Waals surface area (Å²) in [4.78, 5) is 29.2. The SMILES string of the molecule is CN(C)C1(CNC(=O)C2CCCN(C(=O)C3CC3)C2)CCCCC1. The topological polar surface area (TPSA) is 52.7 Å².